The number of hydrazone groups is 1. The number of hydrogen-bond donors (Lipinski definition) is 8. The van der Waals surface area contributed by atoms with Crippen LogP contribution in [0.25, 0.3) is 32.7 Å². The maximum Gasteiger partial charge on any atom is 0.288 e. The number of fused-ring (bicyclic) bond motifs is 3. The fraction of sp³-hybridized carbons (Fsp3) is 0.180. The number of Topliss-reactive ketones (excluding diaryl/α,β-unsaturated/α-hetero) is 1. The fourth-order valence-electron chi connectivity index (χ4n) is 6.72. The zero-order valence-corrected chi connectivity index (χ0v) is 37.3. The Bertz CT molecular complexity index is 2880. The van der Waals surface area contributed by atoms with Crippen molar-refractivity contribution in [1.29, 1.82) is 0 Å². The first-order valence-electron chi connectivity index (χ1n) is 20.1. The van der Waals surface area contributed by atoms with Crippen molar-refractivity contribution in [3.63, 3.8) is 0 Å². The molecule has 8 aromatic rings. The third-order valence-corrected chi connectivity index (χ3v) is 10.2. The molecule has 13 heteroatoms. The molecule has 13 nitrogen and oxygen atoms in total. The van der Waals surface area contributed by atoms with Gasteiger partial charge in [-0.2, -0.15) is 5.10 Å². The number of hydrogen-bond acceptors (Lipinski definition) is 8. The number of nitrogens with zero attached hydrogens (tertiary/aromatic N) is 1. The number of aryl methyl sites for hydroxylation is 8. The molecule has 0 radical (unpaired) electrons. The Labute approximate surface area is 367 Å². The number of aromatic amines is 3. The van der Waals surface area contributed by atoms with Crippen LogP contribution < -0.4 is 28.4 Å². The van der Waals surface area contributed by atoms with Crippen LogP contribution in [0, 0.1) is 55.4 Å². The number of ketones is 1. The molecule has 63 heavy (non-hydrogen) atoms. The van der Waals surface area contributed by atoms with Crippen LogP contribution in [0.1, 0.15) is 98.8 Å². The highest BCUT2D eigenvalue weighted by Gasteiger charge is 2.15. The predicted molar refractivity (Wildman–Crippen MR) is 256 cm³/mol. The van der Waals surface area contributed by atoms with Gasteiger partial charge in [0.15, 0.2) is 5.78 Å². The SMILES string of the molecule is CC(=O)c1[nH]c2ccc(C)cc2c1C.Cc1ccc(/C=N/NC(=O)c2[nH]c3ccc(C)cc3c2C)cc1.Cc1ccc(C=O)cc1.Cc1ccc2[nH]c(C(=O)NN)c(C)c2c1.NN. The van der Waals surface area contributed by atoms with Gasteiger partial charge >= 0.3 is 0 Å². The number of aldehydes is 1. The Kier molecular flexibility index (Phi) is 17.2. The second-order valence-electron chi connectivity index (χ2n) is 15.2. The summed E-state index contributed by atoms with van der Waals surface area (Å²) in [6.45, 7) is 17.6. The molecule has 0 aliphatic heterocycles. The molecular formula is C50H57N9O4. The van der Waals surface area contributed by atoms with Gasteiger partial charge in [-0.25, -0.2) is 11.3 Å². The average molecular weight is 848 g/mol. The minimum absolute atomic E-state index is 0.0938. The maximum absolute atomic E-state index is 12.3. The van der Waals surface area contributed by atoms with Gasteiger partial charge in [0.2, 0.25) is 0 Å². The van der Waals surface area contributed by atoms with Gasteiger partial charge < -0.3 is 15.0 Å². The molecule has 0 fully saturated rings. The standard InChI is InChI=1S/C19H19N3O.C12H13NO.C11H13N3O.C8H8O.H4N2/c1-12-4-7-15(8-5-12)11-20-22-19(23)18-14(3)16-10-13(2)6-9-17(16)21-18;1-7-4-5-11-10(6-7)8(2)12(13-11)9(3)14;1-6-3-4-9-8(5-6)7(2)10(13-9)11(15)14-12;1-7-2-4-8(6-9)5-3-7;1-2/h4-11,21H,1-3H3,(H,22,23);4-6,13H,1-3H3;3-5,13H,12H2,1-2H3,(H,14,15);2-6H,1H3;1-2H2/b20-11+;;;;. The minimum atomic E-state index is -0.290. The summed E-state index contributed by atoms with van der Waals surface area (Å²) in [7, 11) is 0. The molecular weight excluding hydrogens is 791 g/mol. The zero-order chi connectivity index (χ0) is 46.4. The molecule has 0 unspecified atom stereocenters. The van der Waals surface area contributed by atoms with E-state index < -0.39 is 0 Å². The Morgan fingerprint density at radius 3 is 1.24 bits per heavy atom. The summed E-state index contributed by atoms with van der Waals surface area (Å²) in [5.74, 6) is 12.7. The van der Waals surface area contributed by atoms with Crippen LogP contribution >= 0.6 is 0 Å². The first-order valence-corrected chi connectivity index (χ1v) is 20.1. The number of rotatable bonds is 6. The summed E-state index contributed by atoms with van der Waals surface area (Å²) in [4.78, 5) is 54.5. The molecule has 0 atom stereocenters. The molecule has 2 amide bonds. The molecule has 5 aromatic carbocycles. The van der Waals surface area contributed by atoms with Crippen LogP contribution in [0.2, 0.25) is 0 Å². The van der Waals surface area contributed by atoms with E-state index in [2.05, 4.69) is 67.7 Å². The smallest absolute Gasteiger partial charge is 0.288 e. The Morgan fingerprint density at radius 1 is 0.508 bits per heavy atom. The number of H-pyrrole nitrogens is 3. The van der Waals surface area contributed by atoms with Gasteiger partial charge in [0, 0.05) is 45.2 Å². The number of hydrazine groups is 2. The van der Waals surface area contributed by atoms with E-state index in [1.165, 1.54) is 27.8 Å². The van der Waals surface area contributed by atoms with Crippen LogP contribution in [-0.2, 0) is 0 Å². The van der Waals surface area contributed by atoms with Crippen molar-refractivity contribution in [2.45, 2.75) is 62.3 Å². The lowest BCUT2D eigenvalue weighted by atomic mass is 10.1. The summed E-state index contributed by atoms with van der Waals surface area (Å²) >= 11 is 0. The molecule has 3 heterocycles. The Balaban J connectivity index is 0.000000191. The summed E-state index contributed by atoms with van der Waals surface area (Å²) in [5, 5.41) is 7.31. The molecule has 11 N–H and O–H groups in total. The van der Waals surface area contributed by atoms with Gasteiger partial charge in [-0.15, -0.1) is 0 Å². The lowest BCUT2D eigenvalue weighted by Gasteiger charge is -1.99. The summed E-state index contributed by atoms with van der Waals surface area (Å²) in [6, 6.07) is 33.7. The van der Waals surface area contributed by atoms with Crippen LogP contribution in [-0.4, -0.2) is 45.1 Å². The molecule has 0 aliphatic rings. The quantitative estimate of drug-likeness (QED) is 0.0202. The van der Waals surface area contributed by atoms with E-state index in [4.69, 9.17) is 5.84 Å². The minimum Gasteiger partial charge on any atom is -0.352 e. The number of nitrogen functional groups attached to an aromatic ring is 1. The van der Waals surface area contributed by atoms with E-state index in [9.17, 15) is 19.2 Å². The molecule has 3 aromatic heterocycles. The molecule has 326 valence electrons. The van der Waals surface area contributed by atoms with E-state index in [0.29, 0.717) is 11.4 Å². The topological polar surface area (TPSA) is 230 Å². The number of amides is 2. The molecule has 0 bridgehead atoms. The van der Waals surface area contributed by atoms with Crippen molar-refractivity contribution < 1.29 is 19.2 Å². The van der Waals surface area contributed by atoms with E-state index in [0.717, 1.165) is 72.5 Å². The van der Waals surface area contributed by atoms with Crippen molar-refractivity contribution in [2.75, 3.05) is 0 Å². The second kappa shape index (κ2) is 22.4. The highest BCUT2D eigenvalue weighted by Crippen LogP contribution is 2.25. The van der Waals surface area contributed by atoms with Gasteiger partial charge in [-0.1, -0.05) is 94.5 Å². The van der Waals surface area contributed by atoms with Gasteiger partial charge in [0.1, 0.15) is 17.7 Å². The van der Waals surface area contributed by atoms with E-state index in [1.807, 2.05) is 133 Å². The number of nitrogens with two attached hydrogens (primary N) is 3. The second-order valence-corrected chi connectivity index (χ2v) is 15.2. The predicted octanol–water partition coefficient (Wildman–Crippen LogP) is 8.86. The highest BCUT2D eigenvalue weighted by atomic mass is 16.2. The number of carbonyl (C=O) groups is 4. The van der Waals surface area contributed by atoms with Crippen molar-refractivity contribution >= 4 is 62.8 Å². The monoisotopic (exact) mass is 847 g/mol. The van der Waals surface area contributed by atoms with Crippen LogP contribution in [0.5, 0.6) is 0 Å². The lowest BCUT2D eigenvalue weighted by Crippen LogP contribution is -2.30. The van der Waals surface area contributed by atoms with Crippen molar-refractivity contribution in [1.82, 2.24) is 25.8 Å². The zero-order valence-electron chi connectivity index (χ0n) is 37.3. The molecule has 8 rings (SSSR count). The largest absolute Gasteiger partial charge is 0.352 e. The van der Waals surface area contributed by atoms with E-state index in [1.54, 1.807) is 13.1 Å². The normalized spacial score (nSPS) is 10.4. The third-order valence-electron chi connectivity index (χ3n) is 10.2. The maximum atomic E-state index is 12.3. The van der Waals surface area contributed by atoms with Crippen molar-refractivity contribution in [3.8, 4) is 0 Å². The molecule has 0 spiro atoms. The van der Waals surface area contributed by atoms with Crippen LogP contribution in [0.4, 0.5) is 0 Å². The van der Waals surface area contributed by atoms with Crippen molar-refractivity contribution in [2.24, 2.45) is 22.6 Å². The van der Waals surface area contributed by atoms with Gasteiger partial charge in [-0.05, 0) is 114 Å². The fourth-order valence-corrected chi connectivity index (χ4v) is 6.72. The van der Waals surface area contributed by atoms with Crippen molar-refractivity contribution in [3.05, 3.63) is 176 Å². The Hall–Kier alpha value is -7.45. The van der Waals surface area contributed by atoms with Gasteiger partial charge in [0.05, 0.1) is 11.9 Å². The van der Waals surface area contributed by atoms with Gasteiger partial charge in [0.25, 0.3) is 11.8 Å². The van der Waals surface area contributed by atoms with E-state index in [-0.39, 0.29) is 17.6 Å². The molecule has 0 saturated heterocycles. The average Bonchev–Trinajstić information content (AvgIpc) is 3.92. The Morgan fingerprint density at radius 2 is 0.857 bits per heavy atom. The van der Waals surface area contributed by atoms with E-state index >= 15 is 0 Å². The third kappa shape index (κ3) is 12.6. The summed E-state index contributed by atoms with van der Waals surface area (Å²) in [5.41, 5.74) is 20.0. The lowest BCUT2D eigenvalue weighted by molar-refractivity contribution is 0.0941. The summed E-state index contributed by atoms with van der Waals surface area (Å²) in [6.07, 6.45) is 2.49. The number of carbonyl (C=O) groups excluding carboxylic acids is 4. The molecule has 0 saturated carbocycles. The van der Waals surface area contributed by atoms with Gasteiger partial charge in [-0.3, -0.25) is 36.3 Å². The van der Waals surface area contributed by atoms with Crippen LogP contribution in [0.3, 0.4) is 0 Å². The number of aromatic nitrogens is 3. The summed E-state index contributed by atoms with van der Waals surface area (Å²) < 4.78 is 0. The van der Waals surface area contributed by atoms with Crippen LogP contribution in [0.15, 0.2) is 108 Å². The number of nitrogens with one attached hydrogen (secondary N) is 5. The first-order chi connectivity index (χ1) is 30.1. The number of benzene rings is 5. The molecule has 0 aliphatic carbocycles. The first kappa shape index (κ1) is 48.2. The highest BCUT2D eigenvalue weighted by molar-refractivity contribution is 6.02.